The van der Waals surface area contributed by atoms with Gasteiger partial charge in [-0.3, -0.25) is 4.79 Å². The second-order valence-corrected chi connectivity index (χ2v) is 4.43. The zero-order valence-corrected chi connectivity index (χ0v) is 10.3. The van der Waals surface area contributed by atoms with Crippen molar-refractivity contribution in [3.05, 3.63) is 29.8 Å². The van der Waals surface area contributed by atoms with E-state index in [1.165, 1.54) is 0 Å². The number of rotatable bonds is 4. The molecule has 1 aromatic carbocycles. The number of benzene rings is 1. The number of hydrogen-bond donors (Lipinski definition) is 1. The van der Waals surface area contributed by atoms with Crippen LogP contribution in [0.25, 0.3) is 0 Å². The van der Waals surface area contributed by atoms with E-state index in [4.69, 9.17) is 9.47 Å². The van der Waals surface area contributed by atoms with Gasteiger partial charge in [-0.2, -0.15) is 0 Å². The van der Waals surface area contributed by atoms with Gasteiger partial charge in [0.05, 0.1) is 13.2 Å². The maximum Gasteiger partial charge on any atom is 0.306 e. The van der Waals surface area contributed by atoms with E-state index >= 15 is 0 Å². The maximum absolute atomic E-state index is 11.7. The molecule has 98 valence electrons. The fourth-order valence-corrected chi connectivity index (χ4v) is 2.00. The van der Waals surface area contributed by atoms with Crippen molar-refractivity contribution in [2.24, 2.45) is 0 Å². The first-order valence-electron chi connectivity index (χ1n) is 6.30. The Morgan fingerprint density at radius 2 is 2.06 bits per heavy atom. The number of carbonyl (C=O) groups excluding carboxylic acids is 1. The van der Waals surface area contributed by atoms with Gasteiger partial charge in [-0.1, -0.05) is 18.2 Å². The first-order valence-corrected chi connectivity index (χ1v) is 6.30. The summed E-state index contributed by atoms with van der Waals surface area (Å²) >= 11 is 0. The van der Waals surface area contributed by atoms with E-state index in [1.807, 2.05) is 12.1 Å². The monoisotopic (exact) mass is 250 g/mol. The molecule has 0 aliphatic carbocycles. The molecule has 1 aliphatic heterocycles. The van der Waals surface area contributed by atoms with Crippen LogP contribution >= 0.6 is 0 Å². The molecule has 18 heavy (non-hydrogen) atoms. The Morgan fingerprint density at radius 1 is 1.33 bits per heavy atom. The largest absolute Gasteiger partial charge is 0.508 e. The van der Waals surface area contributed by atoms with Gasteiger partial charge in [-0.15, -0.1) is 0 Å². The SMILES string of the molecule is O=C(CCc1ccccc1O)OC1CCOCC1. The topological polar surface area (TPSA) is 55.8 Å². The molecule has 0 saturated carbocycles. The summed E-state index contributed by atoms with van der Waals surface area (Å²) in [4.78, 5) is 11.7. The summed E-state index contributed by atoms with van der Waals surface area (Å²) in [6, 6.07) is 7.05. The van der Waals surface area contributed by atoms with Crippen LogP contribution in [0.3, 0.4) is 0 Å². The molecule has 0 radical (unpaired) electrons. The number of carbonyl (C=O) groups is 1. The number of phenolic OH excluding ortho intramolecular Hbond substituents is 1. The van der Waals surface area contributed by atoms with Crippen molar-refractivity contribution in [1.29, 1.82) is 0 Å². The van der Waals surface area contributed by atoms with E-state index in [0.717, 1.165) is 18.4 Å². The van der Waals surface area contributed by atoms with Crippen LogP contribution < -0.4 is 0 Å². The Bertz CT molecular complexity index is 397. The number of aryl methyl sites for hydroxylation is 1. The molecule has 0 unspecified atom stereocenters. The van der Waals surface area contributed by atoms with E-state index in [9.17, 15) is 9.90 Å². The molecular formula is C14H18O4. The first kappa shape index (κ1) is 12.9. The van der Waals surface area contributed by atoms with E-state index in [1.54, 1.807) is 12.1 Å². The second-order valence-electron chi connectivity index (χ2n) is 4.43. The standard InChI is InChI=1S/C14H18O4/c15-13-4-2-1-3-11(13)5-6-14(16)18-12-7-9-17-10-8-12/h1-4,12,15H,5-10H2. The quantitative estimate of drug-likeness (QED) is 0.831. The number of para-hydroxylation sites is 1. The Balaban J connectivity index is 1.76. The number of esters is 1. The van der Waals surface area contributed by atoms with Gasteiger partial charge in [0.2, 0.25) is 0 Å². The van der Waals surface area contributed by atoms with Gasteiger partial charge in [-0.05, 0) is 18.1 Å². The van der Waals surface area contributed by atoms with E-state index in [0.29, 0.717) is 26.1 Å². The predicted molar refractivity (Wildman–Crippen MR) is 66.4 cm³/mol. The maximum atomic E-state index is 11.7. The van der Waals surface area contributed by atoms with E-state index in [-0.39, 0.29) is 17.8 Å². The Morgan fingerprint density at radius 3 is 2.78 bits per heavy atom. The third-order valence-electron chi connectivity index (χ3n) is 3.06. The highest BCUT2D eigenvalue weighted by atomic mass is 16.5. The lowest BCUT2D eigenvalue weighted by molar-refractivity contribution is -0.153. The highest BCUT2D eigenvalue weighted by Crippen LogP contribution is 2.18. The number of aromatic hydroxyl groups is 1. The molecule has 0 spiro atoms. The van der Waals surface area contributed by atoms with Crippen molar-refractivity contribution in [3.63, 3.8) is 0 Å². The summed E-state index contributed by atoms with van der Waals surface area (Å²) in [5.41, 5.74) is 0.779. The van der Waals surface area contributed by atoms with Crippen LogP contribution in [0.15, 0.2) is 24.3 Å². The summed E-state index contributed by atoms with van der Waals surface area (Å²) < 4.78 is 10.6. The molecule has 1 aliphatic rings. The van der Waals surface area contributed by atoms with Crippen LogP contribution in [0.4, 0.5) is 0 Å². The molecule has 0 atom stereocenters. The molecule has 0 bridgehead atoms. The molecule has 2 rings (SSSR count). The molecule has 1 saturated heterocycles. The minimum Gasteiger partial charge on any atom is -0.508 e. The van der Waals surface area contributed by atoms with Gasteiger partial charge in [0.15, 0.2) is 0 Å². The lowest BCUT2D eigenvalue weighted by Gasteiger charge is -2.22. The number of hydrogen-bond acceptors (Lipinski definition) is 4. The number of phenols is 1. The average Bonchev–Trinajstić information content (AvgIpc) is 2.39. The molecule has 0 amide bonds. The van der Waals surface area contributed by atoms with Crippen LogP contribution in [0, 0.1) is 0 Å². The van der Waals surface area contributed by atoms with Crippen LogP contribution in [-0.4, -0.2) is 30.4 Å². The van der Waals surface area contributed by atoms with Crippen molar-refractivity contribution in [2.75, 3.05) is 13.2 Å². The zero-order chi connectivity index (χ0) is 12.8. The lowest BCUT2D eigenvalue weighted by atomic mass is 10.1. The van der Waals surface area contributed by atoms with Gasteiger partial charge in [0.25, 0.3) is 0 Å². The van der Waals surface area contributed by atoms with Crippen LogP contribution in [0.1, 0.15) is 24.8 Å². The van der Waals surface area contributed by atoms with Gasteiger partial charge in [0.1, 0.15) is 11.9 Å². The van der Waals surface area contributed by atoms with Gasteiger partial charge in [0, 0.05) is 19.3 Å². The average molecular weight is 250 g/mol. The molecule has 4 nitrogen and oxygen atoms in total. The summed E-state index contributed by atoms with van der Waals surface area (Å²) in [5, 5.41) is 9.58. The van der Waals surface area contributed by atoms with Crippen molar-refractivity contribution in [2.45, 2.75) is 31.8 Å². The van der Waals surface area contributed by atoms with Gasteiger partial charge >= 0.3 is 5.97 Å². The molecular weight excluding hydrogens is 232 g/mol. The molecule has 0 aromatic heterocycles. The predicted octanol–water partition coefficient (Wildman–Crippen LogP) is 2.05. The fraction of sp³-hybridized carbons (Fsp3) is 0.500. The highest BCUT2D eigenvalue weighted by molar-refractivity contribution is 5.70. The fourth-order valence-electron chi connectivity index (χ4n) is 2.00. The van der Waals surface area contributed by atoms with Gasteiger partial charge in [-0.25, -0.2) is 0 Å². The first-order chi connectivity index (χ1) is 8.75. The van der Waals surface area contributed by atoms with E-state index < -0.39 is 0 Å². The molecule has 1 N–H and O–H groups in total. The Kier molecular flexibility index (Phi) is 4.59. The summed E-state index contributed by atoms with van der Waals surface area (Å²) in [5.74, 6) is 0.0292. The molecule has 1 fully saturated rings. The van der Waals surface area contributed by atoms with Crippen molar-refractivity contribution >= 4 is 5.97 Å². The van der Waals surface area contributed by atoms with Crippen molar-refractivity contribution < 1.29 is 19.4 Å². The van der Waals surface area contributed by atoms with Crippen LogP contribution in [0.5, 0.6) is 5.75 Å². The third-order valence-corrected chi connectivity index (χ3v) is 3.06. The summed E-state index contributed by atoms with van der Waals surface area (Å²) in [6.45, 7) is 1.33. The Labute approximate surface area is 107 Å². The molecule has 1 aromatic rings. The summed E-state index contributed by atoms with van der Waals surface area (Å²) in [7, 11) is 0. The normalized spacial score (nSPS) is 16.4. The third kappa shape index (κ3) is 3.74. The molecule has 1 heterocycles. The second kappa shape index (κ2) is 6.40. The van der Waals surface area contributed by atoms with Gasteiger partial charge < -0.3 is 14.6 Å². The Hall–Kier alpha value is -1.55. The van der Waals surface area contributed by atoms with E-state index in [2.05, 4.69) is 0 Å². The molecule has 4 heteroatoms. The van der Waals surface area contributed by atoms with Crippen molar-refractivity contribution in [1.82, 2.24) is 0 Å². The number of ether oxygens (including phenoxy) is 2. The zero-order valence-electron chi connectivity index (χ0n) is 10.3. The lowest BCUT2D eigenvalue weighted by Crippen LogP contribution is -2.26. The van der Waals surface area contributed by atoms with Crippen molar-refractivity contribution in [3.8, 4) is 5.75 Å². The minimum absolute atomic E-state index is 0.00406. The van der Waals surface area contributed by atoms with Crippen LogP contribution in [0.2, 0.25) is 0 Å². The van der Waals surface area contributed by atoms with Crippen LogP contribution in [-0.2, 0) is 20.7 Å². The minimum atomic E-state index is -0.204. The summed E-state index contributed by atoms with van der Waals surface area (Å²) in [6.07, 6.45) is 2.37. The highest BCUT2D eigenvalue weighted by Gasteiger charge is 2.18. The smallest absolute Gasteiger partial charge is 0.306 e.